The minimum Gasteiger partial charge on any atom is -0.480 e. The summed E-state index contributed by atoms with van der Waals surface area (Å²) in [6.45, 7) is 3.49. The maximum absolute atomic E-state index is 13.5. The summed E-state index contributed by atoms with van der Waals surface area (Å²) in [5.41, 5.74) is -0.651. The maximum Gasteiger partial charge on any atom is 0.323 e. The number of nitrogens with one attached hydrogen (secondary N) is 1. The minimum absolute atomic E-state index is 0.152. The van der Waals surface area contributed by atoms with E-state index in [4.69, 9.17) is 16.7 Å². The monoisotopic (exact) mass is 259 g/mol. The van der Waals surface area contributed by atoms with Gasteiger partial charge in [-0.05, 0) is 25.5 Å². The van der Waals surface area contributed by atoms with Gasteiger partial charge in [-0.1, -0.05) is 24.6 Å². The number of halogens is 2. The van der Waals surface area contributed by atoms with E-state index in [1.165, 1.54) is 6.07 Å². The normalized spacial score (nSPS) is 14.4. The number of carbonyl (C=O) groups is 1. The number of benzene rings is 1. The minimum atomic E-state index is -1.05. The Morgan fingerprint density at radius 3 is 2.71 bits per heavy atom. The molecule has 0 radical (unpaired) electrons. The molecule has 2 N–H and O–H groups in total. The van der Waals surface area contributed by atoms with Gasteiger partial charge in [0.05, 0.1) is 0 Å². The molecule has 3 nitrogen and oxygen atoms in total. The molecular weight excluding hydrogens is 245 g/mol. The molecule has 0 aliphatic heterocycles. The molecule has 0 saturated carbocycles. The molecule has 5 heteroatoms. The molecule has 0 saturated heterocycles. The van der Waals surface area contributed by atoms with E-state index >= 15 is 0 Å². The van der Waals surface area contributed by atoms with Gasteiger partial charge in [0.15, 0.2) is 0 Å². The third kappa shape index (κ3) is 3.41. The van der Waals surface area contributed by atoms with Crippen LogP contribution in [0.1, 0.15) is 25.8 Å². The van der Waals surface area contributed by atoms with Crippen LogP contribution >= 0.6 is 11.6 Å². The number of hydrogen-bond acceptors (Lipinski definition) is 2. The van der Waals surface area contributed by atoms with Crippen molar-refractivity contribution in [1.29, 1.82) is 0 Å². The maximum atomic E-state index is 13.5. The molecule has 0 aliphatic rings. The lowest BCUT2D eigenvalue weighted by atomic mass is 9.99. The Balaban J connectivity index is 2.76. The van der Waals surface area contributed by atoms with Crippen LogP contribution in [0.5, 0.6) is 0 Å². The van der Waals surface area contributed by atoms with Crippen molar-refractivity contribution in [1.82, 2.24) is 5.32 Å². The Bertz CT molecular complexity index is 425. The van der Waals surface area contributed by atoms with Crippen LogP contribution in [0.15, 0.2) is 18.2 Å². The van der Waals surface area contributed by atoms with Crippen molar-refractivity contribution in [2.24, 2.45) is 0 Å². The first kappa shape index (κ1) is 13.9. The highest BCUT2D eigenvalue weighted by molar-refractivity contribution is 6.30. The van der Waals surface area contributed by atoms with Crippen molar-refractivity contribution >= 4 is 17.6 Å². The van der Waals surface area contributed by atoms with Crippen molar-refractivity contribution < 1.29 is 14.3 Å². The lowest BCUT2D eigenvalue weighted by molar-refractivity contribution is -0.144. The van der Waals surface area contributed by atoms with Crippen LogP contribution in [-0.4, -0.2) is 16.6 Å². The van der Waals surface area contributed by atoms with Crippen LogP contribution in [0.4, 0.5) is 4.39 Å². The van der Waals surface area contributed by atoms with Gasteiger partial charge in [-0.3, -0.25) is 10.1 Å². The molecule has 1 aromatic rings. The Morgan fingerprint density at radius 2 is 2.24 bits per heavy atom. The lowest BCUT2D eigenvalue weighted by Crippen LogP contribution is -2.48. The van der Waals surface area contributed by atoms with Crippen LogP contribution in [0.2, 0.25) is 5.02 Å². The van der Waals surface area contributed by atoms with Gasteiger partial charge in [0.25, 0.3) is 0 Å². The van der Waals surface area contributed by atoms with Gasteiger partial charge >= 0.3 is 5.97 Å². The van der Waals surface area contributed by atoms with Crippen molar-refractivity contribution in [2.45, 2.75) is 32.4 Å². The molecule has 0 fully saturated rings. The summed E-state index contributed by atoms with van der Waals surface area (Å²) in [7, 11) is 0. The first-order valence-electron chi connectivity index (χ1n) is 5.31. The fraction of sp³-hybridized carbons (Fsp3) is 0.417. The Morgan fingerprint density at radius 1 is 1.59 bits per heavy atom. The van der Waals surface area contributed by atoms with Gasteiger partial charge in [0.1, 0.15) is 11.4 Å². The molecule has 1 unspecified atom stereocenters. The predicted octanol–water partition coefficient (Wildman–Crippen LogP) is 2.82. The molecule has 1 rings (SSSR count). The van der Waals surface area contributed by atoms with Gasteiger partial charge < -0.3 is 5.11 Å². The van der Waals surface area contributed by atoms with E-state index in [-0.39, 0.29) is 6.54 Å². The van der Waals surface area contributed by atoms with Gasteiger partial charge in [0, 0.05) is 17.1 Å². The third-order valence-corrected chi connectivity index (χ3v) is 3.10. The zero-order valence-electron chi connectivity index (χ0n) is 9.76. The summed E-state index contributed by atoms with van der Waals surface area (Å²) in [5, 5.41) is 12.2. The van der Waals surface area contributed by atoms with Gasteiger partial charge in [-0.2, -0.15) is 0 Å². The van der Waals surface area contributed by atoms with Crippen molar-refractivity contribution in [3.63, 3.8) is 0 Å². The molecule has 0 bridgehead atoms. The number of aliphatic carboxylic acids is 1. The first-order valence-corrected chi connectivity index (χ1v) is 5.69. The third-order valence-electron chi connectivity index (χ3n) is 2.86. The standard InChI is InChI=1S/C12H15ClFNO2/c1-3-12(2,11(16)17)15-7-8-4-5-9(13)6-10(8)14/h4-6,15H,3,7H2,1-2H3,(H,16,17). The highest BCUT2D eigenvalue weighted by Crippen LogP contribution is 2.16. The van der Waals surface area contributed by atoms with Gasteiger partial charge in [-0.25, -0.2) is 4.39 Å². The van der Waals surface area contributed by atoms with E-state index in [1.807, 2.05) is 0 Å². The second kappa shape index (κ2) is 5.47. The van der Waals surface area contributed by atoms with E-state index in [0.717, 1.165) is 0 Å². The summed E-state index contributed by atoms with van der Waals surface area (Å²) < 4.78 is 13.5. The van der Waals surface area contributed by atoms with Crippen LogP contribution in [-0.2, 0) is 11.3 Å². The topological polar surface area (TPSA) is 49.3 Å². The average Bonchev–Trinajstić information content (AvgIpc) is 2.27. The molecule has 0 spiro atoms. The fourth-order valence-electron chi connectivity index (χ4n) is 1.31. The van der Waals surface area contributed by atoms with Gasteiger partial charge in [-0.15, -0.1) is 0 Å². The molecule has 0 aromatic heterocycles. The van der Waals surface area contributed by atoms with E-state index in [2.05, 4.69) is 5.32 Å². The van der Waals surface area contributed by atoms with Crippen LogP contribution < -0.4 is 5.32 Å². The second-order valence-electron chi connectivity index (χ2n) is 4.08. The smallest absolute Gasteiger partial charge is 0.323 e. The SMILES string of the molecule is CCC(C)(NCc1ccc(Cl)cc1F)C(=O)O. The zero-order valence-corrected chi connectivity index (χ0v) is 10.5. The Labute approximate surface area is 105 Å². The lowest BCUT2D eigenvalue weighted by Gasteiger charge is -2.24. The Hall–Kier alpha value is -1.13. The number of carboxylic acids is 1. The van der Waals surface area contributed by atoms with Crippen molar-refractivity contribution in [3.8, 4) is 0 Å². The highest BCUT2D eigenvalue weighted by atomic mass is 35.5. The van der Waals surface area contributed by atoms with E-state index in [0.29, 0.717) is 17.0 Å². The molecule has 94 valence electrons. The van der Waals surface area contributed by atoms with Crippen molar-refractivity contribution in [2.75, 3.05) is 0 Å². The highest BCUT2D eigenvalue weighted by Gasteiger charge is 2.30. The quantitative estimate of drug-likeness (QED) is 0.855. The van der Waals surface area contributed by atoms with Crippen molar-refractivity contribution in [3.05, 3.63) is 34.6 Å². The average molecular weight is 260 g/mol. The van der Waals surface area contributed by atoms with Crippen LogP contribution in [0.3, 0.4) is 0 Å². The Kier molecular flexibility index (Phi) is 4.48. The molecular formula is C12H15ClFNO2. The van der Waals surface area contributed by atoms with Crippen LogP contribution in [0, 0.1) is 5.82 Å². The number of carboxylic acid groups (broad SMARTS) is 1. The number of rotatable bonds is 5. The second-order valence-corrected chi connectivity index (χ2v) is 4.52. The fourth-order valence-corrected chi connectivity index (χ4v) is 1.47. The number of hydrogen-bond donors (Lipinski definition) is 2. The van der Waals surface area contributed by atoms with Gasteiger partial charge in [0.2, 0.25) is 0 Å². The largest absolute Gasteiger partial charge is 0.480 e. The van der Waals surface area contributed by atoms with E-state index in [9.17, 15) is 9.18 Å². The summed E-state index contributed by atoms with van der Waals surface area (Å²) >= 11 is 5.63. The zero-order chi connectivity index (χ0) is 13.1. The predicted molar refractivity (Wildman–Crippen MR) is 64.6 cm³/mol. The van der Waals surface area contributed by atoms with E-state index in [1.54, 1.807) is 26.0 Å². The molecule has 0 heterocycles. The van der Waals surface area contributed by atoms with E-state index < -0.39 is 17.3 Å². The summed E-state index contributed by atoms with van der Waals surface area (Å²) in [4.78, 5) is 11.0. The first-order chi connectivity index (χ1) is 7.89. The molecule has 0 aliphatic carbocycles. The molecule has 0 amide bonds. The summed E-state index contributed by atoms with van der Waals surface area (Å²) in [6, 6.07) is 4.33. The molecule has 17 heavy (non-hydrogen) atoms. The molecule has 1 atom stereocenters. The van der Waals surface area contributed by atoms with Crippen LogP contribution in [0.25, 0.3) is 0 Å². The molecule has 1 aromatic carbocycles. The summed E-state index contributed by atoms with van der Waals surface area (Å²) in [6.07, 6.45) is 0.414. The summed E-state index contributed by atoms with van der Waals surface area (Å²) in [5.74, 6) is -1.39.